The Morgan fingerprint density at radius 1 is 1.09 bits per heavy atom. The zero-order valence-corrected chi connectivity index (χ0v) is 18.4. The van der Waals surface area contributed by atoms with Crippen LogP contribution < -0.4 is 4.74 Å². The van der Waals surface area contributed by atoms with Crippen molar-refractivity contribution in [2.45, 2.75) is 32.7 Å². The van der Waals surface area contributed by atoms with Crippen LogP contribution in [0.4, 0.5) is 0 Å². The van der Waals surface area contributed by atoms with Crippen LogP contribution in [-0.2, 0) is 4.79 Å². The number of rotatable bonds is 4. The normalized spacial score (nSPS) is 16.3. The lowest BCUT2D eigenvalue weighted by Crippen LogP contribution is -2.39. The largest absolute Gasteiger partial charge is 0.457 e. The van der Waals surface area contributed by atoms with Gasteiger partial charge in [0.25, 0.3) is 0 Å². The molecule has 1 aliphatic heterocycles. The summed E-state index contributed by atoms with van der Waals surface area (Å²) in [5, 5.41) is 6.01. The SMILES string of the molecule is CC(=O)N1CCCC(n2nc(-c3ccc(Oc4cccc(C)c4)cc3)c3cnccc32)C1. The number of pyridine rings is 1. The molecule has 6 nitrogen and oxygen atoms in total. The predicted molar refractivity (Wildman–Crippen MR) is 125 cm³/mol. The maximum absolute atomic E-state index is 11.9. The fourth-order valence-corrected chi connectivity index (χ4v) is 4.41. The summed E-state index contributed by atoms with van der Waals surface area (Å²) in [4.78, 5) is 18.2. The number of carbonyl (C=O) groups is 1. The van der Waals surface area contributed by atoms with E-state index in [1.807, 2.05) is 72.6 Å². The number of hydrogen-bond donors (Lipinski definition) is 0. The van der Waals surface area contributed by atoms with Crippen LogP contribution in [-0.4, -0.2) is 38.7 Å². The highest BCUT2D eigenvalue weighted by molar-refractivity contribution is 5.92. The number of amides is 1. The third-order valence-electron chi connectivity index (χ3n) is 6.05. The Bertz CT molecular complexity index is 1260. The fourth-order valence-electron chi connectivity index (χ4n) is 4.41. The minimum absolute atomic E-state index is 0.122. The summed E-state index contributed by atoms with van der Waals surface area (Å²) in [6, 6.07) is 18.2. The second-order valence-corrected chi connectivity index (χ2v) is 8.39. The summed E-state index contributed by atoms with van der Waals surface area (Å²) >= 11 is 0. The van der Waals surface area contributed by atoms with Crippen molar-refractivity contribution in [1.29, 1.82) is 0 Å². The van der Waals surface area contributed by atoms with Crippen molar-refractivity contribution in [3.63, 3.8) is 0 Å². The Hall–Kier alpha value is -3.67. The molecule has 1 unspecified atom stereocenters. The van der Waals surface area contributed by atoms with E-state index in [4.69, 9.17) is 9.84 Å². The van der Waals surface area contributed by atoms with E-state index in [0.29, 0.717) is 6.54 Å². The number of piperidine rings is 1. The Morgan fingerprint density at radius 2 is 1.94 bits per heavy atom. The number of hydrogen-bond acceptors (Lipinski definition) is 4. The molecule has 0 spiro atoms. The lowest BCUT2D eigenvalue weighted by atomic mass is 10.1. The Kier molecular flexibility index (Phi) is 5.35. The zero-order valence-electron chi connectivity index (χ0n) is 18.4. The van der Waals surface area contributed by atoms with Gasteiger partial charge in [-0.3, -0.25) is 14.5 Å². The molecule has 6 heteroatoms. The van der Waals surface area contributed by atoms with E-state index < -0.39 is 0 Å². The molecule has 1 atom stereocenters. The van der Waals surface area contributed by atoms with Crippen molar-refractivity contribution >= 4 is 16.8 Å². The van der Waals surface area contributed by atoms with E-state index in [-0.39, 0.29) is 11.9 Å². The van der Waals surface area contributed by atoms with Crippen LogP contribution in [0.15, 0.2) is 67.0 Å². The molecule has 1 aliphatic rings. The van der Waals surface area contributed by atoms with E-state index >= 15 is 0 Å². The highest BCUT2D eigenvalue weighted by Crippen LogP contribution is 2.33. The fraction of sp³-hybridized carbons (Fsp3) is 0.269. The summed E-state index contributed by atoms with van der Waals surface area (Å²) < 4.78 is 8.08. The van der Waals surface area contributed by atoms with Crippen molar-refractivity contribution in [3.8, 4) is 22.8 Å². The van der Waals surface area contributed by atoms with E-state index in [2.05, 4.69) is 9.67 Å². The molecule has 3 heterocycles. The number of nitrogens with zero attached hydrogens (tertiary/aromatic N) is 4. The lowest BCUT2D eigenvalue weighted by molar-refractivity contribution is -0.130. The third kappa shape index (κ3) is 3.96. The highest BCUT2D eigenvalue weighted by atomic mass is 16.5. The van der Waals surface area contributed by atoms with E-state index in [9.17, 15) is 4.79 Å². The minimum atomic E-state index is 0.122. The third-order valence-corrected chi connectivity index (χ3v) is 6.05. The molecular weight excluding hydrogens is 400 g/mol. The Balaban J connectivity index is 1.46. The van der Waals surface area contributed by atoms with Gasteiger partial charge in [0, 0.05) is 43.4 Å². The van der Waals surface area contributed by atoms with E-state index in [1.54, 1.807) is 13.1 Å². The molecule has 1 fully saturated rings. The van der Waals surface area contributed by atoms with Crippen molar-refractivity contribution in [1.82, 2.24) is 19.7 Å². The van der Waals surface area contributed by atoms with Gasteiger partial charge in [0.1, 0.15) is 17.2 Å². The smallest absolute Gasteiger partial charge is 0.219 e. The van der Waals surface area contributed by atoms with Crippen molar-refractivity contribution in [3.05, 3.63) is 72.6 Å². The summed E-state index contributed by atoms with van der Waals surface area (Å²) in [7, 11) is 0. The standard InChI is InChI=1S/C26H26N4O2/c1-18-5-3-7-23(15-18)32-22-10-8-20(9-11-22)26-24-16-27-13-12-25(24)30(28-26)21-6-4-14-29(17-21)19(2)31/h3,5,7-13,15-16,21H,4,6,14,17H2,1-2H3. The van der Waals surface area contributed by atoms with Crippen LogP contribution in [0.25, 0.3) is 22.2 Å². The predicted octanol–water partition coefficient (Wildman–Crippen LogP) is 5.38. The van der Waals surface area contributed by atoms with Gasteiger partial charge < -0.3 is 9.64 Å². The maximum atomic E-state index is 11.9. The van der Waals surface area contributed by atoms with Gasteiger partial charge in [-0.2, -0.15) is 5.10 Å². The van der Waals surface area contributed by atoms with Gasteiger partial charge >= 0.3 is 0 Å². The summed E-state index contributed by atoms with van der Waals surface area (Å²) in [6.07, 6.45) is 5.66. The molecule has 162 valence electrons. The second-order valence-electron chi connectivity index (χ2n) is 8.39. The summed E-state index contributed by atoms with van der Waals surface area (Å²) in [5.41, 5.74) is 4.12. The molecule has 1 saturated heterocycles. The quantitative estimate of drug-likeness (QED) is 0.439. The van der Waals surface area contributed by atoms with Gasteiger partial charge in [-0.1, -0.05) is 12.1 Å². The number of aromatic nitrogens is 3. The van der Waals surface area contributed by atoms with Gasteiger partial charge in [0.05, 0.1) is 11.6 Å². The summed E-state index contributed by atoms with van der Waals surface area (Å²) in [6.45, 7) is 5.20. The van der Waals surface area contributed by atoms with Gasteiger partial charge in [-0.25, -0.2) is 0 Å². The van der Waals surface area contributed by atoms with Crippen LogP contribution in [0.1, 0.15) is 31.4 Å². The van der Waals surface area contributed by atoms with Crippen molar-refractivity contribution in [2.75, 3.05) is 13.1 Å². The Labute approximate surface area is 187 Å². The zero-order chi connectivity index (χ0) is 22.1. The molecule has 0 bridgehead atoms. The van der Waals surface area contributed by atoms with Gasteiger partial charge in [-0.05, 0) is 67.8 Å². The molecule has 0 aliphatic carbocycles. The molecule has 5 rings (SSSR count). The first-order valence-corrected chi connectivity index (χ1v) is 11.0. The molecule has 0 N–H and O–H groups in total. The molecule has 1 amide bonds. The number of ether oxygens (including phenoxy) is 1. The van der Waals surface area contributed by atoms with E-state index in [0.717, 1.165) is 58.6 Å². The van der Waals surface area contributed by atoms with Gasteiger partial charge in [0.2, 0.25) is 5.91 Å². The van der Waals surface area contributed by atoms with Crippen molar-refractivity contribution in [2.24, 2.45) is 0 Å². The first-order chi connectivity index (χ1) is 15.6. The first kappa shape index (κ1) is 20.2. The van der Waals surface area contributed by atoms with Crippen LogP contribution >= 0.6 is 0 Å². The average Bonchev–Trinajstić information content (AvgIpc) is 3.19. The minimum Gasteiger partial charge on any atom is -0.457 e. The number of likely N-dealkylation sites (tertiary alicyclic amines) is 1. The van der Waals surface area contributed by atoms with E-state index in [1.165, 1.54) is 0 Å². The Morgan fingerprint density at radius 3 is 2.72 bits per heavy atom. The molecule has 32 heavy (non-hydrogen) atoms. The molecule has 4 aromatic rings. The van der Waals surface area contributed by atoms with Gasteiger partial charge in [0.15, 0.2) is 0 Å². The molecular formula is C26H26N4O2. The number of benzene rings is 2. The topological polar surface area (TPSA) is 60.2 Å². The number of fused-ring (bicyclic) bond motifs is 1. The van der Waals surface area contributed by atoms with Crippen LogP contribution in [0.2, 0.25) is 0 Å². The lowest BCUT2D eigenvalue weighted by Gasteiger charge is -2.32. The van der Waals surface area contributed by atoms with Crippen LogP contribution in [0.3, 0.4) is 0 Å². The summed E-state index contributed by atoms with van der Waals surface area (Å²) in [5.74, 6) is 1.73. The number of carbonyl (C=O) groups excluding carboxylic acids is 1. The van der Waals surface area contributed by atoms with Crippen LogP contribution in [0, 0.1) is 6.92 Å². The molecule has 0 radical (unpaired) electrons. The highest BCUT2D eigenvalue weighted by Gasteiger charge is 2.26. The van der Waals surface area contributed by atoms with Gasteiger partial charge in [-0.15, -0.1) is 0 Å². The second kappa shape index (κ2) is 8.46. The number of aryl methyl sites for hydroxylation is 1. The first-order valence-electron chi connectivity index (χ1n) is 11.0. The monoisotopic (exact) mass is 426 g/mol. The van der Waals surface area contributed by atoms with Crippen LogP contribution in [0.5, 0.6) is 11.5 Å². The maximum Gasteiger partial charge on any atom is 0.219 e. The molecule has 2 aromatic heterocycles. The molecule has 0 saturated carbocycles. The van der Waals surface area contributed by atoms with Crippen molar-refractivity contribution < 1.29 is 9.53 Å². The average molecular weight is 427 g/mol. The molecule has 2 aromatic carbocycles.